The van der Waals surface area contributed by atoms with Crippen LogP contribution in [0, 0.1) is 16.7 Å². The van der Waals surface area contributed by atoms with Crippen molar-refractivity contribution in [2.45, 2.75) is 26.8 Å². The second kappa shape index (κ2) is 6.71. The lowest BCUT2D eigenvalue weighted by Crippen LogP contribution is -2.36. The summed E-state index contributed by atoms with van der Waals surface area (Å²) in [7, 11) is 0. The summed E-state index contributed by atoms with van der Waals surface area (Å²) in [5.74, 6) is -1.36. The van der Waals surface area contributed by atoms with Crippen molar-refractivity contribution < 1.29 is 14.7 Å². The van der Waals surface area contributed by atoms with Gasteiger partial charge in [-0.05, 0) is 19.4 Å². The van der Waals surface area contributed by atoms with Gasteiger partial charge in [-0.15, -0.1) is 0 Å². The van der Waals surface area contributed by atoms with Gasteiger partial charge >= 0.3 is 5.97 Å². The molecule has 20 heavy (non-hydrogen) atoms. The van der Waals surface area contributed by atoms with E-state index in [1.54, 1.807) is 0 Å². The van der Waals surface area contributed by atoms with Gasteiger partial charge in [0.15, 0.2) is 0 Å². The number of nitriles is 1. The number of carboxylic acid groups (broad SMARTS) is 1. The van der Waals surface area contributed by atoms with Gasteiger partial charge in [-0.3, -0.25) is 9.59 Å². The minimum Gasteiger partial charge on any atom is -0.481 e. The van der Waals surface area contributed by atoms with Crippen LogP contribution in [0.5, 0.6) is 0 Å². The van der Waals surface area contributed by atoms with Gasteiger partial charge in [-0.2, -0.15) is 5.26 Å². The Balaban J connectivity index is 2.79. The summed E-state index contributed by atoms with van der Waals surface area (Å²) >= 11 is 0. The summed E-state index contributed by atoms with van der Waals surface area (Å²) in [5.41, 5.74) is -0.231. The number of hydrogen-bond donors (Lipinski definition) is 1. The van der Waals surface area contributed by atoms with Crippen LogP contribution >= 0.6 is 0 Å². The van der Waals surface area contributed by atoms with E-state index in [1.807, 2.05) is 36.4 Å². The van der Waals surface area contributed by atoms with Crippen molar-refractivity contribution in [1.82, 2.24) is 4.90 Å². The third-order valence-electron chi connectivity index (χ3n) is 3.00. The lowest BCUT2D eigenvalue weighted by atomic mass is 9.89. The molecular formula is C15H18N2O3. The number of amides is 1. The highest BCUT2D eigenvalue weighted by Crippen LogP contribution is 2.22. The van der Waals surface area contributed by atoms with Gasteiger partial charge in [0.05, 0.1) is 11.5 Å². The van der Waals surface area contributed by atoms with E-state index in [2.05, 4.69) is 0 Å². The maximum Gasteiger partial charge on any atom is 0.309 e. The Morgan fingerprint density at radius 2 is 1.90 bits per heavy atom. The molecule has 0 aromatic heterocycles. The van der Waals surface area contributed by atoms with E-state index < -0.39 is 11.4 Å². The molecule has 1 rings (SSSR count). The van der Waals surface area contributed by atoms with E-state index in [-0.39, 0.29) is 18.9 Å². The summed E-state index contributed by atoms with van der Waals surface area (Å²) in [6.45, 7) is 3.26. The van der Waals surface area contributed by atoms with E-state index >= 15 is 0 Å². The van der Waals surface area contributed by atoms with Crippen LogP contribution in [0.2, 0.25) is 0 Å². The van der Waals surface area contributed by atoms with Crippen molar-refractivity contribution in [3.05, 3.63) is 35.9 Å². The quantitative estimate of drug-likeness (QED) is 0.805. The standard InChI is InChI=1S/C15H18N2O3/c1-15(2,14(19)20)10-13(18)17(9-8-16)11-12-6-4-3-5-7-12/h3-7H,9-11H2,1-2H3,(H,19,20). The zero-order valence-electron chi connectivity index (χ0n) is 11.7. The number of rotatable bonds is 6. The number of benzene rings is 1. The van der Waals surface area contributed by atoms with Crippen LogP contribution in [0.25, 0.3) is 0 Å². The minimum atomic E-state index is -1.14. The topological polar surface area (TPSA) is 81.4 Å². The predicted molar refractivity (Wildman–Crippen MR) is 73.5 cm³/mol. The fourth-order valence-corrected chi connectivity index (χ4v) is 1.69. The Hall–Kier alpha value is -2.35. The molecule has 0 bridgehead atoms. The molecule has 0 heterocycles. The number of carbonyl (C=O) groups excluding carboxylic acids is 1. The predicted octanol–water partition coefficient (Wildman–Crippen LogP) is 2.04. The molecule has 0 radical (unpaired) electrons. The second-order valence-electron chi connectivity index (χ2n) is 5.26. The molecule has 1 N–H and O–H groups in total. The molecular weight excluding hydrogens is 256 g/mol. The van der Waals surface area contributed by atoms with Crippen molar-refractivity contribution >= 4 is 11.9 Å². The SMILES string of the molecule is CC(C)(CC(=O)N(CC#N)Cc1ccccc1)C(=O)O. The zero-order chi connectivity index (χ0) is 15.2. The van der Waals surface area contributed by atoms with E-state index in [0.717, 1.165) is 5.56 Å². The molecule has 5 heteroatoms. The van der Waals surface area contributed by atoms with Gasteiger partial charge in [0, 0.05) is 13.0 Å². The molecule has 0 aliphatic carbocycles. The molecule has 0 atom stereocenters. The fraction of sp³-hybridized carbons (Fsp3) is 0.400. The number of aliphatic carboxylic acids is 1. The third kappa shape index (κ3) is 4.39. The Kier molecular flexibility index (Phi) is 5.27. The molecule has 0 unspecified atom stereocenters. The highest BCUT2D eigenvalue weighted by atomic mass is 16.4. The smallest absolute Gasteiger partial charge is 0.309 e. The first kappa shape index (κ1) is 15.7. The summed E-state index contributed by atoms with van der Waals surface area (Å²) in [4.78, 5) is 24.6. The van der Waals surface area contributed by atoms with Gasteiger partial charge < -0.3 is 10.0 Å². The molecule has 0 spiro atoms. The second-order valence-corrected chi connectivity index (χ2v) is 5.26. The number of nitrogens with zero attached hydrogens (tertiary/aromatic N) is 2. The zero-order valence-corrected chi connectivity index (χ0v) is 11.7. The van der Waals surface area contributed by atoms with Crippen LogP contribution in [-0.2, 0) is 16.1 Å². The fourth-order valence-electron chi connectivity index (χ4n) is 1.69. The first-order chi connectivity index (χ1) is 9.36. The number of hydrogen-bond acceptors (Lipinski definition) is 3. The molecule has 1 aromatic rings. The molecule has 0 saturated carbocycles. The van der Waals surface area contributed by atoms with E-state index in [0.29, 0.717) is 6.54 Å². The largest absolute Gasteiger partial charge is 0.481 e. The molecule has 0 fully saturated rings. The van der Waals surface area contributed by atoms with Gasteiger partial charge in [-0.25, -0.2) is 0 Å². The lowest BCUT2D eigenvalue weighted by molar-refractivity contribution is -0.151. The Bertz CT molecular complexity index is 518. The van der Waals surface area contributed by atoms with Gasteiger partial charge in [-0.1, -0.05) is 30.3 Å². The maximum atomic E-state index is 12.2. The van der Waals surface area contributed by atoms with Crippen LogP contribution in [0.15, 0.2) is 30.3 Å². The van der Waals surface area contributed by atoms with Crippen LogP contribution < -0.4 is 0 Å². The molecule has 5 nitrogen and oxygen atoms in total. The van der Waals surface area contributed by atoms with Crippen molar-refractivity contribution in [2.75, 3.05) is 6.54 Å². The van der Waals surface area contributed by atoms with Crippen LogP contribution in [0.1, 0.15) is 25.8 Å². The van der Waals surface area contributed by atoms with E-state index in [1.165, 1.54) is 18.7 Å². The highest BCUT2D eigenvalue weighted by molar-refractivity contribution is 5.84. The van der Waals surface area contributed by atoms with Crippen molar-refractivity contribution in [1.29, 1.82) is 5.26 Å². The molecule has 106 valence electrons. The van der Waals surface area contributed by atoms with Gasteiger partial charge in [0.2, 0.25) is 5.91 Å². The first-order valence-electron chi connectivity index (χ1n) is 6.29. The van der Waals surface area contributed by atoms with Crippen LogP contribution in [0.3, 0.4) is 0 Å². The van der Waals surface area contributed by atoms with Gasteiger partial charge in [0.1, 0.15) is 6.54 Å². The molecule has 0 saturated heterocycles. The van der Waals surface area contributed by atoms with Gasteiger partial charge in [0.25, 0.3) is 0 Å². The monoisotopic (exact) mass is 274 g/mol. The normalized spacial score (nSPS) is 10.7. The molecule has 0 aliphatic heterocycles. The Labute approximate surface area is 118 Å². The summed E-state index contributed by atoms with van der Waals surface area (Å²) < 4.78 is 0. The molecule has 1 aromatic carbocycles. The summed E-state index contributed by atoms with van der Waals surface area (Å²) in [6.07, 6.45) is -0.128. The van der Waals surface area contributed by atoms with Crippen LogP contribution in [0.4, 0.5) is 0 Å². The number of carboxylic acids is 1. The van der Waals surface area contributed by atoms with E-state index in [9.17, 15) is 9.59 Å². The van der Waals surface area contributed by atoms with E-state index in [4.69, 9.17) is 10.4 Å². The lowest BCUT2D eigenvalue weighted by Gasteiger charge is -2.24. The molecule has 0 aliphatic rings. The third-order valence-corrected chi connectivity index (χ3v) is 3.00. The summed E-state index contributed by atoms with van der Waals surface area (Å²) in [6, 6.07) is 11.2. The van der Waals surface area contributed by atoms with Crippen LogP contribution in [-0.4, -0.2) is 28.4 Å². The summed E-state index contributed by atoms with van der Waals surface area (Å²) in [5, 5.41) is 17.9. The van der Waals surface area contributed by atoms with Crippen molar-refractivity contribution in [2.24, 2.45) is 5.41 Å². The minimum absolute atomic E-state index is 0.0522. The first-order valence-corrected chi connectivity index (χ1v) is 6.29. The average molecular weight is 274 g/mol. The highest BCUT2D eigenvalue weighted by Gasteiger charge is 2.32. The molecule has 1 amide bonds. The maximum absolute atomic E-state index is 12.2. The Morgan fingerprint density at radius 3 is 2.40 bits per heavy atom. The Morgan fingerprint density at radius 1 is 1.30 bits per heavy atom. The number of carbonyl (C=O) groups is 2. The van der Waals surface area contributed by atoms with Crippen molar-refractivity contribution in [3.8, 4) is 6.07 Å². The average Bonchev–Trinajstić information content (AvgIpc) is 2.38. The van der Waals surface area contributed by atoms with Crippen molar-refractivity contribution in [3.63, 3.8) is 0 Å².